The van der Waals surface area contributed by atoms with E-state index in [1.54, 1.807) is 0 Å². The summed E-state index contributed by atoms with van der Waals surface area (Å²) in [5.74, 6) is 0.857. The minimum atomic E-state index is -0.441. The van der Waals surface area contributed by atoms with Crippen LogP contribution in [-0.2, 0) is 16.6 Å². The number of esters is 1. The van der Waals surface area contributed by atoms with Crippen molar-refractivity contribution in [2.75, 3.05) is 0 Å². The maximum Gasteiger partial charge on any atom is 0.343 e. The number of ether oxygens (including phenoxy) is 1. The van der Waals surface area contributed by atoms with Gasteiger partial charge in [0.05, 0.1) is 11.1 Å². The Morgan fingerprint density at radius 3 is 2.78 bits per heavy atom. The first-order valence-corrected chi connectivity index (χ1v) is 8.56. The highest BCUT2D eigenvalue weighted by atomic mass is 16.5. The van der Waals surface area contributed by atoms with Gasteiger partial charge in [0.2, 0.25) is 0 Å². The highest BCUT2D eigenvalue weighted by Gasteiger charge is 2.51. The molecule has 4 rings (SSSR count). The smallest absolute Gasteiger partial charge is 0.343 e. The van der Waals surface area contributed by atoms with Crippen molar-refractivity contribution in [1.82, 2.24) is 0 Å². The van der Waals surface area contributed by atoms with E-state index in [1.165, 1.54) is 18.4 Å². The fraction of sp³-hybridized carbons (Fsp3) is 0.550. The average molecular weight is 312 g/mol. The third-order valence-electron chi connectivity index (χ3n) is 6.65. The number of rotatable bonds is 0. The molecule has 0 bridgehead atoms. The van der Waals surface area contributed by atoms with Crippen LogP contribution in [0.1, 0.15) is 63.1 Å². The second-order valence-corrected chi connectivity index (χ2v) is 8.34. The predicted octanol–water partition coefficient (Wildman–Crippen LogP) is 4.35. The van der Waals surface area contributed by atoms with Gasteiger partial charge in [-0.05, 0) is 59.6 Å². The molecule has 1 aromatic carbocycles. The summed E-state index contributed by atoms with van der Waals surface area (Å²) in [5.41, 5.74) is 3.31. The SMILES string of the molecule is C=C1C(=O)Oc2cc3c(c(O)c21)CC[C@@H]1C(C)(C)CCC[C@@]31C. The molecule has 0 unspecified atom stereocenters. The molecule has 1 fully saturated rings. The van der Waals surface area contributed by atoms with E-state index in [1.807, 2.05) is 6.07 Å². The predicted molar refractivity (Wildman–Crippen MR) is 89.6 cm³/mol. The molecule has 1 N–H and O–H groups in total. The summed E-state index contributed by atoms with van der Waals surface area (Å²) in [7, 11) is 0. The van der Waals surface area contributed by atoms with E-state index in [-0.39, 0.29) is 16.7 Å². The highest BCUT2D eigenvalue weighted by molar-refractivity contribution is 6.21. The van der Waals surface area contributed by atoms with Crippen molar-refractivity contribution in [3.63, 3.8) is 0 Å². The quantitative estimate of drug-likeness (QED) is 0.440. The summed E-state index contributed by atoms with van der Waals surface area (Å²) in [6.45, 7) is 10.8. The molecule has 23 heavy (non-hydrogen) atoms. The van der Waals surface area contributed by atoms with Gasteiger partial charge in [-0.1, -0.05) is 33.8 Å². The second kappa shape index (κ2) is 4.40. The van der Waals surface area contributed by atoms with Crippen molar-refractivity contribution in [2.45, 2.75) is 58.3 Å². The van der Waals surface area contributed by atoms with Crippen molar-refractivity contribution in [1.29, 1.82) is 0 Å². The Hall–Kier alpha value is -1.77. The van der Waals surface area contributed by atoms with Gasteiger partial charge >= 0.3 is 5.97 Å². The number of phenolic OH excluding ortho intramolecular Hbond substituents is 1. The summed E-state index contributed by atoms with van der Waals surface area (Å²) in [5, 5.41) is 10.8. The molecule has 3 heteroatoms. The van der Waals surface area contributed by atoms with E-state index in [9.17, 15) is 9.90 Å². The third-order valence-corrected chi connectivity index (χ3v) is 6.65. The maximum absolute atomic E-state index is 11.8. The van der Waals surface area contributed by atoms with Crippen LogP contribution in [0.15, 0.2) is 12.6 Å². The fourth-order valence-corrected chi connectivity index (χ4v) is 5.53. The molecular weight excluding hydrogens is 288 g/mol. The van der Waals surface area contributed by atoms with Crippen LogP contribution in [0, 0.1) is 11.3 Å². The molecule has 0 amide bonds. The molecule has 122 valence electrons. The Labute approximate surface area is 137 Å². The first-order valence-electron chi connectivity index (χ1n) is 8.56. The van der Waals surface area contributed by atoms with Crippen molar-refractivity contribution in [3.05, 3.63) is 29.3 Å². The van der Waals surface area contributed by atoms with E-state index in [4.69, 9.17) is 4.74 Å². The van der Waals surface area contributed by atoms with Gasteiger partial charge in [0.15, 0.2) is 0 Å². The minimum Gasteiger partial charge on any atom is -0.507 e. The zero-order valence-electron chi connectivity index (χ0n) is 14.2. The normalized spacial score (nSPS) is 31.2. The van der Waals surface area contributed by atoms with Crippen molar-refractivity contribution >= 4 is 11.5 Å². The van der Waals surface area contributed by atoms with Gasteiger partial charge in [-0.25, -0.2) is 4.79 Å². The summed E-state index contributed by atoms with van der Waals surface area (Å²) in [6.07, 6.45) is 5.53. The van der Waals surface area contributed by atoms with Gasteiger partial charge in [0, 0.05) is 0 Å². The molecule has 1 saturated carbocycles. The van der Waals surface area contributed by atoms with Gasteiger partial charge in [-0.3, -0.25) is 0 Å². The zero-order chi connectivity index (χ0) is 16.6. The number of fused-ring (bicyclic) bond motifs is 4. The van der Waals surface area contributed by atoms with E-state index >= 15 is 0 Å². The third kappa shape index (κ3) is 1.79. The number of hydrogen-bond donors (Lipinski definition) is 1. The molecule has 0 radical (unpaired) electrons. The molecule has 0 aromatic heterocycles. The van der Waals surface area contributed by atoms with Crippen molar-refractivity contribution in [2.24, 2.45) is 11.3 Å². The molecule has 2 aliphatic carbocycles. The van der Waals surface area contributed by atoms with Crippen LogP contribution in [-0.4, -0.2) is 11.1 Å². The summed E-state index contributed by atoms with van der Waals surface area (Å²) < 4.78 is 5.34. The van der Waals surface area contributed by atoms with Crippen LogP contribution in [0.3, 0.4) is 0 Å². The van der Waals surface area contributed by atoms with Crippen LogP contribution >= 0.6 is 0 Å². The first kappa shape index (κ1) is 14.8. The van der Waals surface area contributed by atoms with Gasteiger partial charge in [-0.15, -0.1) is 0 Å². The Bertz CT molecular complexity index is 744. The topological polar surface area (TPSA) is 46.5 Å². The largest absolute Gasteiger partial charge is 0.507 e. The summed E-state index contributed by atoms with van der Waals surface area (Å²) >= 11 is 0. The van der Waals surface area contributed by atoms with Gasteiger partial charge in [-0.2, -0.15) is 0 Å². The van der Waals surface area contributed by atoms with Crippen LogP contribution in [0.4, 0.5) is 0 Å². The Morgan fingerprint density at radius 1 is 1.30 bits per heavy atom. The van der Waals surface area contributed by atoms with Crippen LogP contribution in [0.5, 0.6) is 11.5 Å². The fourth-order valence-electron chi connectivity index (χ4n) is 5.53. The maximum atomic E-state index is 11.8. The van der Waals surface area contributed by atoms with E-state index in [0.717, 1.165) is 24.8 Å². The lowest BCUT2D eigenvalue weighted by Crippen LogP contribution is -2.47. The van der Waals surface area contributed by atoms with Crippen LogP contribution < -0.4 is 4.74 Å². The number of aromatic hydroxyl groups is 1. The lowest BCUT2D eigenvalue weighted by Gasteiger charge is -2.54. The standard InChI is InChI=1S/C20H24O3/c1-11-16-14(23-18(11)22)10-13-12(17(16)21)6-7-15-19(2,3)8-5-9-20(13,15)4/h10,15,21H,1,5-9H2,2-4H3/t15-,20+/m1/s1. The number of carbonyl (C=O) groups is 1. The van der Waals surface area contributed by atoms with Gasteiger partial charge < -0.3 is 9.84 Å². The second-order valence-electron chi connectivity index (χ2n) is 8.34. The average Bonchev–Trinajstić information content (AvgIpc) is 2.74. The molecular formula is C20H24O3. The molecule has 0 spiro atoms. The summed E-state index contributed by atoms with van der Waals surface area (Å²) in [6, 6.07) is 2.01. The highest BCUT2D eigenvalue weighted by Crippen LogP contribution is 2.59. The molecule has 1 aromatic rings. The number of carbonyl (C=O) groups excluding carboxylic acids is 1. The molecule has 1 heterocycles. The Morgan fingerprint density at radius 2 is 2.04 bits per heavy atom. The van der Waals surface area contributed by atoms with E-state index < -0.39 is 5.97 Å². The minimum absolute atomic E-state index is 0.0399. The van der Waals surface area contributed by atoms with Gasteiger partial charge in [0.1, 0.15) is 11.5 Å². The molecule has 2 atom stereocenters. The van der Waals surface area contributed by atoms with E-state index in [2.05, 4.69) is 27.4 Å². The van der Waals surface area contributed by atoms with Crippen molar-refractivity contribution in [3.8, 4) is 11.5 Å². The van der Waals surface area contributed by atoms with Gasteiger partial charge in [0.25, 0.3) is 0 Å². The van der Waals surface area contributed by atoms with Crippen LogP contribution in [0.25, 0.3) is 5.57 Å². The van der Waals surface area contributed by atoms with Crippen molar-refractivity contribution < 1.29 is 14.6 Å². The number of hydrogen-bond acceptors (Lipinski definition) is 3. The number of phenols is 1. The monoisotopic (exact) mass is 312 g/mol. The lowest BCUT2D eigenvalue weighted by atomic mass is 9.50. The lowest BCUT2D eigenvalue weighted by molar-refractivity contribution is -0.126. The number of benzene rings is 1. The van der Waals surface area contributed by atoms with Crippen LogP contribution in [0.2, 0.25) is 0 Å². The molecule has 0 saturated heterocycles. The van der Waals surface area contributed by atoms with E-state index in [0.29, 0.717) is 22.6 Å². The Kier molecular flexibility index (Phi) is 2.83. The first-order chi connectivity index (χ1) is 10.8. The zero-order valence-corrected chi connectivity index (χ0v) is 14.2. The molecule has 1 aliphatic heterocycles. The Balaban J connectivity index is 1.93. The molecule has 3 nitrogen and oxygen atoms in total. The molecule has 3 aliphatic rings. The summed E-state index contributed by atoms with van der Waals surface area (Å²) in [4.78, 5) is 11.8.